The van der Waals surface area contributed by atoms with E-state index < -0.39 is 0 Å². The summed E-state index contributed by atoms with van der Waals surface area (Å²) in [5, 5.41) is 9.10. The summed E-state index contributed by atoms with van der Waals surface area (Å²) in [4.78, 5) is 32.5. The van der Waals surface area contributed by atoms with E-state index in [4.69, 9.17) is 24.3 Å². The highest BCUT2D eigenvalue weighted by atomic mass is 127. The lowest BCUT2D eigenvalue weighted by Crippen LogP contribution is -1.79. The maximum absolute atomic E-state index is 9.10. The maximum Gasteiger partial charge on any atom is 0.373 e. The highest BCUT2D eigenvalue weighted by molar-refractivity contribution is 14.1. The largest absolute Gasteiger partial charge is 0.508 e. The average Bonchev–Trinajstić information content (AvgIpc) is 2.50. The van der Waals surface area contributed by atoms with Crippen LogP contribution in [0.1, 0.15) is 16.7 Å². The van der Waals surface area contributed by atoms with Crippen molar-refractivity contribution in [2.75, 3.05) is 0 Å². The molecule has 0 aromatic heterocycles. The molecule has 0 spiro atoms. The molecule has 7 heteroatoms. The van der Waals surface area contributed by atoms with Crippen LogP contribution in [0.15, 0.2) is 36.4 Å². The van der Waals surface area contributed by atoms with Crippen LogP contribution in [0.4, 0.5) is 0 Å². The summed E-state index contributed by atoms with van der Waals surface area (Å²) in [6.45, 7) is 6.15. The van der Waals surface area contributed by atoms with Crippen LogP contribution in [0.3, 0.4) is 0 Å². The Morgan fingerprint density at radius 1 is 0.708 bits per heavy atom. The third-order valence-corrected chi connectivity index (χ3v) is 3.98. The monoisotopic (exact) mass is 554 g/mol. The molecule has 128 valence electrons. The maximum atomic E-state index is 9.10. The molecule has 0 aliphatic carbocycles. The van der Waals surface area contributed by atoms with Gasteiger partial charge >= 0.3 is 12.3 Å². The van der Waals surface area contributed by atoms with Crippen molar-refractivity contribution in [1.82, 2.24) is 0 Å². The highest BCUT2D eigenvalue weighted by Gasteiger charge is 1.93. The average molecular weight is 554 g/mol. The first-order chi connectivity index (χ1) is 11.2. The van der Waals surface area contributed by atoms with Gasteiger partial charge in [0.1, 0.15) is 5.75 Å². The van der Waals surface area contributed by atoms with Gasteiger partial charge in [-0.1, -0.05) is 12.1 Å². The van der Waals surface area contributed by atoms with Crippen molar-refractivity contribution in [3.8, 4) is 5.75 Å². The van der Waals surface area contributed by atoms with Crippen LogP contribution in [-0.4, -0.2) is 17.4 Å². The second kappa shape index (κ2) is 15.0. The molecule has 0 aliphatic rings. The predicted molar refractivity (Wildman–Crippen MR) is 104 cm³/mol. The minimum absolute atomic E-state index is 0.250. The van der Waals surface area contributed by atoms with Gasteiger partial charge in [0.2, 0.25) is 0 Å². The summed E-state index contributed by atoms with van der Waals surface area (Å²) < 4.78 is 2.38. The van der Waals surface area contributed by atoms with E-state index in [1.807, 2.05) is 19.1 Å². The van der Waals surface area contributed by atoms with E-state index in [1.165, 1.54) is 14.7 Å². The van der Waals surface area contributed by atoms with Crippen LogP contribution >= 0.6 is 45.2 Å². The number of phenolic OH excluding ortho intramolecular Hbond substituents is 1. The fourth-order valence-electron chi connectivity index (χ4n) is 1.29. The predicted octanol–water partition coefficient (Wildman–Crippen LogP) is 4.05. The molecule has 0 unspecified atom stereocenters. The van der Waals surface area contributed by atoms with Crippen LogP contribution in [0.25, 0.3) is 0 Å². The van der Waals surface area contributed by atoms with E-state index in [0.717, 1.165) is 9.13 Å². The van der Waals surface area contributed by atoms with Gasteiger partial charge in [-0.15, -0.1) is 0 Å². The van der Waals surface area contributed by atoms with Gasteiger partial charge in [0.25, 0.3) is 0 Å². The Bertz CT molecular complexity index is 641. The fraction of sp³-hybridized carbons (Fsp3) is 0.176. The molecule has 0 heterocycles. The first-order valence-electron chi connectivity index (χ1n) is 6.39. The Labute approximate surface area is 167 Å². The number of halogens is 2. The first kappa shape index (κ1) is 24.7. The van der Waals surface area contributed by atoms with Gasteiger partial charge in [-0.25, -0.2) is 0 Å². The van der Waals surface area contributed by atoms with Gasteiger partial charge in [-0.3, -0.25) is 0 Å². The first-order valence-corrected chi connectivity index (χ1v) is 8.55. The summed E-state index contributed by atoms with van der Waals surface area (Å²) in [5.74, 6) is 0.377. The van der Waals surface area contributed by atoms with Crippen molar-refractivity contribution >= 4 is 57.5 Å². The van der Waals surface area contributed by atoms with E-state index in [9.17, 15) is 0 Å². The number of rotatable bonds is 0. The lowest BCUT2D eigenvalue weighted by atomic mass is 10.1. The molecule has 0 saturated heterocycles. The Balaban J connectivity index is 0. The van der Waals surface area contributed by atoms with E-state index in [0.29, 0.717) is 5.75 Å². The second-order valence-electron chi connectivity index (χ2n) is 4.33. The van der Waals surface area contributed by atoms with E-state index in [1.54, 1.807) is 6.07 Å². The number of phenols is 1. The molecule has 0 atom stereocenters. The van der Waals surface area contributed by atoms with Crippen LogP contribution in [0.2, 0.25) is 0 Å². The second-order valence-corrected chi connectivity index (χ2v) is 6.82. The van der Waals surface area contributed by atoms with Crippen LogP contribution < -0.4 is 0 Å². The summed E-state index contributed by atoms with van der Waals surface area (Å²) in [6, 6.07) is 12.1. The number of carbonyl (C=O) groups excluding carboxylic acids is 4. The van der Waals surface area contributed by atoms with Gasteiger partial charge in [0, 0.05) is 7.14 Å². The van der Waals surface area contributed by atoms with E-state index in [-0.39, 0.29) is 12.3 Å². The molecular weight excluding hydrogens is 538 g/mol. The molecule has 0 fully saturated rings. The molecule has 0 radical (unpaired) electrons. The zero-order chi connectivity index (χ0) is 19.1. The summed E-state index contributed by atoms with van der Waals surface area (Å²) in [6.07, 6.45) is 0.500. The molecule has 0 amide bonds. The number of aryl methyl sites for hydroxylation is 3. The number of aromatic hydroxyl groups is 1. The summed E-state index contributed by atoms with van der Waals surface area (Å²) in [7, 11) is 0. The minimum Gasteiger partial charge on any atom is -0.508 e. The molecular formula is C17H16I2O5. The van der Waals surface area contributed by atoms with Crippen LogP contribution in [0, 0.1) is 27.9 Å². The Morgan fingerprint density at radius 3 is 1.38 bits per heavy atom. The zero-order valence-corrected chi connectivity index (χ0v) is 17.6. The third-order valence-electron chi connectivity index (χ3n) is 2.64. The van der Waals surface area contributed by atoms with Gasteiger partial charge in [0.05, 0.1) is 0 Å². The normalized spacial score (nSPS) is 7.88. The van der Waals surface area contributed by atoms with Crippen LogP contribution in [-0.2, 0) is 19.2 Å². The molecule has 2 aromatic rings. The smallest absolute Gasteiger partial charge is 0.373 e. The Kier molecular flexibility index (Phi) is 15.5. The Morgan fingerprint density at radius 2 is 1.08 bits per heavy atom. The van der Waals surface area contributed by atoms with Crippen molar-refractivity contribution in [3.05, 3.63) is 60.2 Å². The third kappa shape index (κ3) is 13.0. The molecule has 24 heavy (non-hydrogen) atoms. The molecule has 1 N–H and O–H groups in total. The number of hydrogen-bond donors (Lipinski definition) is 1. The van der Waals surface area contributed by atoms with Gasteiger partial charge < -0.3 is 5.11 Å². The number of hydrogen-bond acceptors (Lipinski definition) is 5. The van der Waals surface area contributed by atoms with Crippen molar-refractivity contribution in [1.29, 1.82) is 0 Å². The number of benzene rings is 2. The summed E-state index contributed by atoms with van der Waals surface area (Å²) in [5.41, 5.74) is 3.67. The van der Waals surface area contributed by atoms with Gasteiger partial charge in [0.15, 0.2) is 0 Å². The molecule has 2 aromatic carbocycles. The molecule has 5 nitrogen and oxygen atoms in total. The van der Waals surface area contributed by atoms with E-state index in [2.05, 4.69) is 77.2 Å². The van der Waals surface area contributed by atoms with Crippen molar-refractivity contribution in [3.63, 3.8) is 0 Å². The minimum atomic E-state index is 0.250. The standard InChI is InChI=1S/C8H9I.C7H7IO.2CO2/c1-6-3-4-8(9)5-7(6)2;1-5-2-3-6(8)4-7(5)9;2*2-1-3/h3-5H,1-2H3;2-4,9H,1H3;;. The SMILES string of the molecule is Cc1ccc(I)cc1C.Cc1ccc(I)cc1O.O=C=O.O=C=O. The quantitative estimate of drug-likeness (QED) is 0.497. The molecule has 0 bridgehead atoms. The Hall–Kier alpha value is -1.54. The van der Waals surface area contributed by atoms with Gasteiger partial charge in [-0.05, 0) is 107 Å². The van der Waals surface area contributed by atoms with E-state index >= 15 is 0 Å². The lowest BCUT2D eigenvalue weighted by molar-refractivity contribution is -0.193. The fourth-order valence-corrected chi connectivity index (χ4v) is 2.41. The van der Waals surface area contributed by atoms with Crippen molar-refractivity contribution in [2.45, 2.75) is 20.8 Å². The van der Waals surface area contributed by atoms with Crippen molar-refractivity contribution in [2.24, 2.45) is 0 Å². The zero-order valence-electron chi connectivity index (χ0n) is 13.3. The van der Waals surface area contributed by atoms with Crippen LogP contribution in [0.5, 0.6) is 5.75 Å². The summed E-state index contributed by atoms with van der Waals surface area (Å²) >= 11 is 4.48. The van der Waals surface area contributed by atoms with Gasteiger partial charge in [-0.2, -0.15) is 19.2 Å². The highest BCUT2D eigenvalue weighted by Crippen LogP contribution is 2.18. The molecule has 0 saturated carbocycles. The molecule has 0 aliphatic heterocycles. The lowest BCUT2D eigenvalue weighted by Gasteiger charge is -1.97. The van der Waals surface area contributed by atoms with Crippen molar-refractivity contribution < 1.29 is 24.3 Å². The molecule has 2 rings (SSSR count). The topological polar surface area (TPSA) is 88.5 Å².